The zero-order valence-corrected chi connectivity index (χ0v) is 16.5. The lowest BCUT2D eigenvalue weighted by Crippen LogP contribution is -2.03. The van der Waals surface area contributed by atoms with Gasteiger partial charge in [0.25, 0.3) is 0 Å². The second kappa shape index (κ2) is 9.66. The lowest BCUT2D eigenvalue weighted by Gasteiger charge is -2.08. The van der Waals surface area contributed by atoms with E-state index in [1.807, 2.05) is 54.6 Å². The molecule has 0 aliphatic rings. The van der Waals surface area contributed by atoms with Crippen molar-refractivity contribution in [3.8, 4) is 5.75 Å². The zero-order valence-electron chi connectivity index (χ0n) is 15.7. The minimum absolute atomic E-state index is 0.330. The van der Waals surface area contributed by atoms with E-state index in [2.05, 4.69) is 15.5 Å². The number of anilines is 1. The van der Waals surface area contributed by atoms with Crippen LogP contribution >= 0.6 is 11.3 Å². The normalized spacial score (nSPS) is 10.8. The number of thiazole rings is 1. The minimum Gasteiger partial charge on any atom is -0.488 e. The third kappa shape index (κ3) is 5.17. The van der Waals surface area contributed by atoms with Crippen molar-refractivity contribution in [2.45, 2.75) is 20.5 Å². The Morgan fingerprint density at radius 3 is 2.71 bits per heavy atom. The topological polar surface area (TPSA) is 72.8 Å². The molecule has 3 rings (SSSR count). The number of rotatable bonds is 8. The number of hydrogen-bond donors (Lipinski definition) is 1. The molecule has 0 spiro atoms. The molecule has 0 bridgehead atoms. The van der Waals surface area contributed by atoms with E-state index in [-0.39, 0.29) is 5.97 Å². The fourth-order valence-corrected chi connectivity index (χ4v) is 3.25. The summed E-state index contributed by atoms with van der Waals surface area (Å²) in [5.41, 5.74) is 5.42. The van der Waals surface area contributed by atoms with Crippen molar-refractivity contribution in [2.24, 2.45) is 5.10 Å². The third-order valence-corrected chi connectivity index (χ3v) is 4.82. The van der Waals surface area contributed by atoms with Gasteiger partial charge in [-0.05, 0) is 31.5 Å². The van der Waals surface area contributed by atoms with Crippen LogP contribution in [0, 0.1) is 6.92 Å². The van der Waals surface area contributed by atoms with E-state index in [9.17, 15) is 4.79 Å². The first-order valence-corrected chi connectivity index (χ1v) is 9.68. The summed E-state index contributed by atoms with van der Waals surface area (Å²) in [5.74, 6) is 0.369. The van der Waals surface area contributed by atoms with E-state index in [0.717, 1.165) is 16.9 Å². The molecule has 2 aromatic carbocycles. The van der Waals surface area contributed by atoms with Crippen molar-refractivity contribution >= 4 is 28.7 Å². The van der Waals surface area contributed by atoms with E-state index in [0.29, 0.717) is 28.9 Å². The van der Waals surface area contributed by atoms with Gasteiger partial charge in [-0.25, -0.2) is 9.78 Å². The minimum atomic E-state index is -0.366. The van der Waals surface area contributed by atoms with Gasteiger partial charge in [-0.1, -0.05) is 53.8 Å². The predicted octanol–water partition coefficient (Wildman–Crippen LogP) is 4.65. The Hall–Kier alpha value is -3.19. The fourth-order valence-electron chi connectivity index (χ4n) is 2.44. The van der Waals surface area contributed by atoms with E-state index in [4.69, 9.17) is 9.47 Å². The molecule has 1 aromatic heterocycles. The monoisotopic (exact) mass is 395 g/mol. The molecule has 0 aliphatic heterocycles. The molecule has 0 unspecified atom stereocenters. The highest BCUT2D eigenvalue weighted by Crippen LogP contribution is 2.23. The number of aromatic nitrogens is 1. The maximum absolute atomic E-state index is 11.9. The number of hydrazone groups is 1. The van der Waals surface area contributed by atoms with Crippen molar-refractivity contribution in [3.05, 3.63) is 76.3 Å². The van der Waals surface area contributed by atoms with Crippen molar-refractivity contribution in [1.29, 1.82) is 0 Å². The third-order valence-electron chi connectivity index (χ3n) is 3.78. The van der Waals surface area contributed by atoms with Gasteiger partial charge in [-0.15, -0.1) is 0 Å². The Bertz CT molecular complexity index is 955. The van der Waals surface area contributed by atoms with E-state index in [1.165, 1.54) is 11.3 Å². The number of nitrogens with zero attached hydrogens (tertiary/aromatic N) is 2. The average molecular weight is 395 g/mol. The molecule has 3 aromatic rings. The van der Waals surface area contributed by atoms with Crippen molar-refractivity contribution in [3.63, 3.8) is 0 Å². The molecule has 0 saturated heterocycles. The fraction of sp³-hybridized carbons (Fsp3) is 0.190. The predicted molar refractivity (Wildman–Crippen MR) is 111 cm³/mol. The van der Waals surface area contributed by atoms with Gasteiger partial charge in [0.2, 0.25) is 5.13 Å². The van der Waals surface area contributed by atoms with Crippen LogP contribution in [-0.2, 0) is 11.3 Å². The molecule has 0 aliphatic carbocycles. The molecule has 1 heterocycles. The first-order chi connectivity index (χ1) is 13.7. The van der Waals surface area contributed by atoms with Crippen LogP contribution in [0.2, 0.25) is 0 Å². The second-order valence-electron chi connectivity index (χ2n) is 5.84. The number of para-hydroxylation sites is 1. The number of esters is 1. The van der Waals surface area contributed by atoms with Gasteiger partial charge in [-0.2, -0.15) is 5.10 Å². The Morgan fingerprint density at radius 2 is 1.93 bits per heavy atom. The molecule has 0 atom stereocenters. The Morgan fingerprint density at radius 1 is 1.18 bits per heavy atom. The summed E-state index contributed by atoms with van der Waals surface area (Å²) in [7, 11) is 0. The molecule has 0 fully saturated rings. The SMILES string of the molecule is CCOC(=O)c1sc(NN=Cc2ccccc2OCc2ccccc2)nc1C. The van der Waals surface area contributed by atoms with Crippen molar-refractivity contribution in [1.82, 2.24) is 4.98 Å². The summed E-state index contributed by atoms with van der Waals surface area (Å²) in [6.07, 6.45) is 1.67. The molecule has 0 amide bonds. The van der Waals surface area contributed by atoms with E-state index in [1.54, 1.807) is 20.1 Å². The van der Waals surface area contributed by atoms with Gasteiger partial charge >= 0.3 is 5.97 Å². The number of ether oxygens (including phenoxy) is 2. The maximum Gasteiger partial charge on any atom is 0.350 e. The number of carbonyl (C=O) groups is 1. The number of carbonyl (C=O) groups excluding carboxylic acids is 1. The maximum atomic E-state index is 11.9. The van der Waals surface area contributed by atoms with Gasteiger partial charge < -0.3 is 9.47 Å². The summed E-state index contributed by atoms with van der Waals surface area (Å²) >= 11 is 1.21. The first kappa shape index (κ1) is 19.6. The van der Waals surface area contributed by atoms with Gasteiger partial charge in [0.15, 0.2) is 0 Å². The lowest BCUT2D eigenvalue weighted by molar-refractivity contribution is 0.0531. The van der Waals surface area contributed by atoms with Gasteiger partial charge in [-0.3, -0.25) is 5.43 Å². The number of hydrogen-bond acceptors (Lipinski definition) is 7. The summed E-state index contributed by atoms with van der Waals surface area (Å²) in [4.78, 5) is 16.7. The quantitative estimate of drug-likeness (QED) is 0.341. The molecule has 0 saturated carbocycles. The Labute approximate surface area is 167 Å². The number of nitrogens with one attached hydrogen (secondary N) is 1. The number of aryl methyl sites for hydroxylation is 1. The van der Waals surface area contributed by atoms with Crippen molar-refractivity contribution in [2.75, 3.05) is 12.0 Å². The van der Waals surface area contributed by atoms with Crippen LogP contribution in [0.1, 0.15) is 33.4 Å². The highest BCUT2D eigenvalue weighted by Gasteiger charge is 2.15. The summed E-state index contributed by atoms with van der Waals surface area (Å²) < 4.78 is 10.9. The van der Waals surface area contributed by atoms with E-state index < -0.39 is 0 Å². The molecule has 144 valence electrons. The van der Waals surface area contributed by atoms with Crippen LogP contribution in [0.15, 0.2) is 59.7 Å². The Balaban J connectivity index is 1.65. The standard InChI is InChI=1S/C21H21N3O3S/c1-3-26-20(25)19-15(2)23-21(28-19)24-22-13-17-11-7-8-12-18(17)27-14-16-9-5-4-6-10-16/h4-13H,3,14H2,1-2H3,(H,23,24). The van der Waals surface area contributed by atoms with Crippen LogP contribution in [0.3, 0.4) is 0 Å². The number of benzene rings is 2. The largest absolute Gasteiger partial charge is 0.488 e. The second-order valence-corrected chi connectivity index (χ2v) is 6.84. The molecule has 7 heteroatoms. The van der Waals surface area contributed by atoms with Crippen LogP contribution < -0.4 is 10.2 Å². The summed E-state index contributed by atoms with van der Waals surface area (Å²) in [6, 6.07) is 17.6. The molecule has 1 N–H and O–H groups in total. The van der Waals surface area contributed by atoms with E-state index >= 15 is 0 Å². The highest BCUT2D eigenvalue weighted by molar-refractivity contribution is 7.17. The van der Waals surface area contributed by atoms with Gasteiger partial charge in [0.05, 0.1) is 18.5 Å². The molecule has 0 radical (unpaired) electrons. The molecule has 6 nitrogen and oxygen atoms in total. The first-order valence-electron chi connectivity index (χ1n) is 8.86. The summed E-state index contributed by atoms with van der Waals surface area (Å²) in [6.45, 7) is 4.35. The van der Waals surface area contributed by atoms with Gasteiger partial charge in [0.1, 0.15) is 17.2 Å². The van der Waals surface area contributed by atoms with Crippen LogP contribution in [0.5, 0.6) is 5.75 Å². The Kier molecular flexibility index (Phi) is 6.75. The smallest absolute Gasteiger partial charge is 0.350 e. The molecular weight excluding hydrogens is 374 g/mol. The molecular formula is C21H21N3O3S. The zero-order chi connectivity index (χ0) is 19.8. The lowest BCUT2D eigenvalue weighted by atomic mass is 10.2. The summed E-state index contributed by atoms with van der Waals surface area (Å²) in [5, 5.41) is 4.76. The average Bonchev–Trinajstić information content (AvgIpc) is 3.09. The molecule has 28 heavy (non-hydrogen) atoms. The van der Waals surface area contributed by atoms with Gasteiger partial charge in [0, 0.05) is 5.56 Å². The van der Waals surface area contributed by atoms with Crippen molar-refractivity contribution < 1.29 is 14.3 Å². The van der Waals surface area contributed by atoms with Crippen LogP contribution in [-0.4, -0.2) is 23.8 Å². The van der Waals surface area contributed by atoms with Crippen LogP contribution in [0.4, 0.5) is 5.13 Å². The van der Waals surface area contributed by atoms with Crippen LogP contribution in [0.25, 0.3) is 0 Å². The highest BCUT2D eigenvalue weighted by atomic mass is 32.1.